The van der Waals surface area contributed by atoms with Crippen LogP contribution in [0.4, 0.5) is 23.7 Å². The maximum absolute atomic E-state index is 10.7. The average Bonchev–Trinajstić information content (AvgIpc) is 2.64. The largest absolute Gasteiger partial charge is 0.490 e. The molecule has 0 aliphatic carbocycles. The van der Waals surface area contributed by atoms with Crippen molar-refractivity contribution in [1.29, 1.82) is 0 Å². The van der Waals surface area contributed by atoms with E-state index in [4.69, 9.17) is 21.4 Å². The fourth-order valence-corrected chi connectivity index (χ4v) is 1.43. The van der Waals surface area contributed by atoms with Crippen molar-refractivity contribution in [3.8, 4) is 0 Å². The standard InChI is InChI=1S/C6H7N3O2S.C2HF3O2/c7-5(10)4-3(1-2-12-4)9-6(8)11;3-2(4,5)1(6)7/h1-2H,(H2,7,10)(H3,8,9,11);(H,6,7). The fraction of sp³-hybridized carbons (Fsp3) is 0.125. The van der Waals surface area contributed by atoms with Gasteiger partial charge in [0.25, 0.3) is 5.91 Å². The van der Waals surface area contributed by atoms with Gasteiger partial charge in [-0.15, -0.1) is 11.3 Å². The van der Waals surface area contributed by atoms with Gasteiger partial charge in [0.05, 0.1) is 5.69 Å². The van der Waals surface area contributed by atoms with Crippen molar-refractivity contribution in [3.05, 3.63) is 16.3 Å². The first-order valence-electron chi connectivity index (χ1n) is 4.29. The van der Waals surface area contributed by atoms with Gasteiger partial charge in [-0.3, -0.25) is 4.79 Å². The normalized spacial score (nSPS) is 10.1. The molecule has 0 saturated heterocycles. The van der Waals surface area contributed by atoms with Crippen molar-refractivity contribution in [3.63, 3.8) is 0 Å². The van der Waals surface area contributed by atoms with E-state index in [2.05, 4.69) is 5.32 Å². The number of urea groups is 1. The predicted molar refractivity (Wildman–Crippen MR) is 59.7 cm³/mol. The van der Waals surface area contributed by atoms with E-state index in [-0.39, 0.29) is 0 Å². The molecule has 0 bridgehead atoms. The number of hydrogen-bond acceptors (Lipinski definition) is 4. The number of alkyl halides is 3. The summed E-state index contributed by atoms with van der Waals surface area (Å²) in [5.74, 6) is -3.33. The number of thiophene rings is 1. The molecule has 106 valence electrons. The Balaban J connectivity index is 0.000000399. The van der Waals surface area contributed by atoms with Gasteiger partial charge in [-0.25, -0.2) is 9.59 Å². The zero-order valence-electron chi connectivity index (χ0n) is 9.02. The molecule has 1 heterocycles. The maximum Gasteiger partial charge on any atom is 0.490 e. The second-order valence-corrected chi connectivity index (χ2v) is 3.74. The minimum absolute atomic E-state index is 0.300. The molecule has 0 spiro atoms. The van der Waals surface area contributed by atoms with Crippen molar-refractivity contribution in [1.82, 2.24) is 0 Å². The van der Waals surface area contributed by atoms with Gasteiger partial charge in [-0.2, -0.15) is 13.2 Å². The van der Waals surface area contributed by atoms with Crippen LogP contribution in [0.15, 0.2) is 11.4 Å². The zero-order valence-corrected chi connectivity index (χ0v) is 9.84. The fourth-order valence-electron chi connectivity index (χ4n) is 0.731. The number of nitrogens with one attached hydrogen (secondary N) is 1. The molecule has 0 fully saturated rings. The smallest absolute Gasteiger partial charge is 0.475 e. The number of rotatable bonds is 2. The maximum atomic E-state index is 10.7. The van der Waals surface area contributed by atoms with Gasteiger partial charge >= 0.3 is 18.2 Å². The second kappa shape index (κ2) is 6.58. The van der Waals surface area contributed by atoms with Gasteiger partial charge in [0.15, 0.2) is 0 Å². The number of carboxylic acids is 1. The van der Waals surface area contributed by atoms with Crippen LogP contribution in [0.3, 0.4) is 0 Å². The van der Waals surface area contributed by atoms with Crippen molar-refractivity contribution in [2.24, 2.45) is 11.5 Å². The van der Waals surface area contributed by atoms with Crippen LogP contribution in [0.2, 0.25) is 0 Å². The van der Waals surface area contributed by atoms with Crippen LogP contribution in [0.5, 0.6) is 0 Å². The summed E-state index contributed by atoms with van der Waals surface area (Å²) in [4.78, 5) is 30.3. The SMILES string of the molecule is NC(=O)Nc1ccsc1C(N)=O.O=C(O)C(F)(F)F. The minimum atomic E-state index is -5.08. The van der Waals surface area contributed by atoms with E-state index in [0.29, 0.717) is 10.6 Å². The number of carbonyl (C=O) groups excluding carboxylic acids is 2. The Morgan fingerprint density at radius 3 is 2.05 bits per heavy atom. The lowest BCUT2D eigenvalue weighted by Crippen LogP contribution is -2.21. The van der Waals surface area contributed by atoms with Crippen LogP contribution in [0.1, 0.15) is 9.67 Å². The molecule has 0 saturated carbocycles. The van der Waals surface area contributed by atoms with Gasteiger partial charge in [0.2, 0.25) is 0 Å². The summed E-state index contributed by atoms with van der Waals surface area (Å²) in [7, 11) is 0. The summed E-state index contributed by atoms with van der Waals surface area (Å²) in [5.41, 5.74) is 10.2. The first-order chi connectivity index (χ1) is 8.55. The van der Waals surface area contributed by atoms with Crippen molar-refractivity contribution < 1.29 is 32.7 Å². The van der Waals surface area contributed by atoms with E-state index in [1.54, 1.807) is 11.4 Å². The van der Waals surface area contributed by atoms with E-state index >= 15 is 0 Å². The van der Waals surface area contributed by atoms with Crippen molar-refractivity contribution in [2.45, 2.75) is 6.18 Å². The summed E-state index contributed by atoms with van der Waals surface area (Å²) in [6.45, 7) is 0. The molecule has 0 aromatic carbocycles. The highest BCUT2D eigenvalue weighted by atomic mass is 32.1. The molecular weight excluding hydrogens is 291 g/mol. The highest BCUT2D eigenvalue weighted by Crippen LogP contribution is 2.20. The molecule has 1 aromatic heterocycles. The Labute approximate surface area is 108 Å². The highest BCUT2D eigenvalue weighted by Gasteiger charge is 2.38. The summed E-state index contributed by atoms with van der Waals surface area (Å²) >= 11 is 1.15. The Hall–Kier alpha value is -2.30. The topological polar surface area (TPSA) is 136 Å². The molecule has 3 amide bonds. The van der Waals surface area contributed by atoms with E-state index in [1.165, 1.54) is 0 Å². The molecule has 7 nitrogen and oxygen atoms in total. The number of carboxylic acid groups (broad SMARTS) is 1. The summed E-state index contributed by atoms with van der Waals surface area (Å²) in [6.07, 6.45) is -5.08. The third-order valence-electron chi connectivity index (χ3n) is 1.39. The Morgan fingerprint density at radius 2 is 1.74 bits per heavy atom. The van der Waals surface area contributed by atoms with Gasteiger partial charge < -0.3 is 21.9 Å². The third kappa shape index (κ3) is 6.26. The van der Waals surface area contributed by atoms with Crippen LogP contribution < -0.4 is 16.8 Å². The van der Waals surface area contributed by atoms with Gasteiger partial charge in [0.1, 0.15) is 4.88 Å². The Morgan fingerprint density at radius 1 is 1.26 bits per heavy atom. The highest BCUT2D eigenvalue weighted by molar-refractivity contribution is 7.12. The first-order valence-corrected chi connectivity index (χ1v) is 5.17. The van der Waals surface area contributed by atoms with Crippen molar-refractivity contribution >= 4 is 34.9 Å². The van der Waals surface area contributed by atoms with Crippen LogP contribution in [-0.2, 0) is 4.79 Å². The summed E-state index contributed by atoms with van der Waals surface area (Å²) in [6, 6.07) is 0.853. The number of nitrogens with two attached hydrogens (primary N) is 2. The van der Waals surface area contributed by atoms with Gasteiger partial charge in [-0.1, -0.05) is 0 Å². The van der Waals surface area contributed by atoms with Gasteiger partial charge in [0, 0.05) is 0 Å². The van der Waals surface area contributed by atoms with E-state index < -0.39 is 24.1 Å². The third-order valence-corrected chi connectivity index (χ3v) is 2.32. The number of aliphatic carboxylic acids is 1. The number of carbonyl (C=O) groups is 3. The quantitative estimate of drug-likeness (QED) is 0.646. The Bertz CT molecular complexity index is 486. The molecule has 1 aromatic rings. The summed E-state index contributed by atoms with van der Waals surface area (Å²) < 4.78 is 31.7. The molecular formula is C8H8F3N3O4S. The molecule has 0 atom stereocenters. The predicted octanol–water partition coefficient (Wildman–Crippen LogP) is 0.971. The Kier molecular flexibility index (Phi) is 5.79. The number of primary amides is 2. The first kappa shape index (κ1) is 16.7. The van der Waals surface area contributed by atoms with E-state index in [0.717, 1.165) is 11.3 Å². The van der Waals surface area contributed by atoms with E-state index in [1.807, 2.05) is 0 Å². The summed E-state index contributed by atoms with van der Waals surface area (Å²) in [5, 5.41) is 11.1. The lowest BCUT2D eigenvalue weighted by molar-refractivity contribution is -0.192. The number of amides is 3. The van der Waals surface area contributed by atoms with Crippen LogP contribution in [0.25, 0.3) is 0 Å². The molecule has 1 rings (SSSR count). The molecule has 0 unspecified atom stereocenters. The number of halogens is 3. The average molecular weight is 299 g/mol. The zero-order chi connectivity index (χ0) is 15.2. The van der Waals surface area contributed by atoms with Crippen LogP contribution >= 0.6 is 11.3 Å². The molecule has 6 N–H and O–H groups in total. The number of anilines is 1. The molecule has 0 aliphatic rings. The van der Waals surface area contributed by atoms with Crippen LogP contribution in [0, 0.1) is 0 Å². The lowest BCUT2D eigenvalue weighted by Gasteiger charge is -1.98. The molecule has 0 radical (unpaired) electrons. The monoisotopic (exact) mass is 299 g/mol. The van der Waals surface area contributed by atoms with Crippen LogP contribution in [-0.4, -0.2) is 29.2 Å². The molecule has 0 aliphatic heterocycles. The second-order valence-electron chi connectivity index (χ2n) is 2.82. The van der Waals surface area contributed by atoms with Crippen molar-refractivity contribution in [2.75, 3.05) is 5.32 Å². The molecule has 11 heteroatoms. The lowest BCUT2D eigenvalue weighted by atomic mass is 10.4. The van der Waals surface area contributed by atoms with E-state index in [9.17, 15) is 22.8 Å². The molecule has 19 heavy (non-hydrogen) atoms. The number of hydrogen-bond donors (Lipinski definition) is 4. The minimum Gasteiger partial charge on any atom is -0.475 e. The van der Waals surface area contributed by atoms with Gasteiger partial charge in [-0.05, 0) is 11.4 Å².